The maximum atomic E-state index is 12.4. The van der Waals surface area contributed by atoms with E-state index in [0.717, 1.165) is 38.8 Å². The first-order valence-corrected chi connectivity index (χ1v) is 6.80. The second kappa shape index (κ2) is 6.00. The fourth-order valence-electron chi connectivity index (χ4n) is 2.15. The Kier molecular flexibility index (Phi) is 4.36. The summed E-state index contributed by atoms with van der Waals surface area (Å²) in [5.74, 6) is 0.583. The summed E-state index contributed by atoms with van der Waals surface area (Å²) < 4.78 is 1.83. The van der Waals surface area contributed by atoms with Gasteiger partial charge in [0.25, 0.3) is 5.56 Å². The summed E-state index contributed by atoms with van der Waals surface area (Å²) in [5.41, 5.74) is 5.59. The van der Waals surface area contributed by atoms with E-state index in [4.69, 9.17) is 5.73 Å². The highest BCUT2D eigenvalue weighted by molar-refractivity contribution is 5.35. The summed E-state index contributed by atoms with van der Waals surface area (Å²) in [7, 11) is 0. The molecule has 0 aromatic carbocycles. The highest BCUT2D eigenvalue weighted by Gasteiger charge is 2.26. The standard InChI is InChI=1S/C13H22N4O/c1-2-8-16(9-3-6-14)12-13(18)17(10-7-15-12)11-4-5-11/h7,10-11H,2-6,8-9,14H2,1H3. The monoisotopic (exact) mass is 250 g/mol. The Hall–Kier alpha value is -1.36. The van der Waals surface area contributed by atoms with Gasteiger partial charge in [0, 0.05) is 31.5 Å². The summed E-state index contributed by atoms with van der Waals surface area (Å²) in [5, 5.41) is 0. The molecule has 0 atom stereocenters. The molecule has 0 bridgehead atoms. The van der Waals surface area contributed by atoms with Gasteiger partial charge in [-0.2, -0.15) is 0 Å². The van der Waals surface area contributed by atoms with Gasteiger partial charge in [-0.1, -0.05) is 6.92 Å². The first-order valence-electron chi connectivity index (χ1n) is 6.80. The van der Waals surface area contributed by atoms with Gasteiger partial charge >= 0.3 is 0 Å². The molecule has 1 aliphatic rings. The van der Waals surface area contributed by atoms with Crippen molar-refractivity contribution in [3.05, 3.63) is 22.7 Å². The van der Waals surface area contributed by atoms with E-state index < -0.39 is 0 Å². The molecule has 1 aromatic heterocycles. The molecule has 0 saturated heterocycles. The van der Waals surface area contributed by atoms with Crippen LogP contribution >= 0.6 is 0 Å². The smallest absolute Gasteiger partial charge is 0.293 e. The normalized spacial score (nSPS) is 14.8. The van der Waals surface area contributed by atoms with E-state index in [1.165, 1.54) is 0 Å². The molecule has 2 rings (SSSR count). The average molecular weight is 250 g/mol. The lowest BCUT2D eigenvalue weighted by Crippen LogP contribution is -2.35. The lowest BCUT2D eigenvalue weighted by Gasteiger charge is -2.22. The molecule has 2 N–H and O–H groups in total. The molecule has 0 spiro atoms. The lowest BCUT2D eigenvalue weighted by molar-refractivity contribution is 0.665. The first-order chi connectivity index (χ1) is 8.77. The van der Waals surface area contributed by atoms with Crippen LogP contribution < -0.4 is 16.2 Å². The van der Waals surface area contributed by atoms with E-state index in [9.17, 15) is 4.79 Å². The average Bonchev–Trinajstić information content (AvgIpc) is 3.19. The highest BCUT2D eigenvalue weighted by atomic mass is 16.1. The van der Waals surface area contributed by atoms with Crippen LogP contribution in [0.15, 0.2) is 17.2 Å². The predicted octanol–water partition coefficient (Wildman–Crippen LogP) is 1.14. The van der Waals surface area contributed by atoms with Crippen molar-refractivity contribution in [3.8, 4) is 0 Å². The Labute approximate surface area is 108 Å². The molecule has 1 aliphatic carbocycles. The predicted molar refractivity (Wildman–Crippen MR) is 72.9 cm³/mol. The zero-order chi connectivity index (χ0) is 13.0. The molecule has 100 valence electrons. The Balaban J connectivity index is 2.22. The van der Waals surface area contributed by atoms with Crippen LogP contribution in [0.4, 0.5) is 5.82 Å². The molecule has 0 aliphatic heterocycles. The van der Waals surface area contributed by atoms with Crippen molar-refractivity contribution in [2.24, 2.45) is 5.73 Å². The maximum absolute atomic E-state index is 12.4. The summed E-state index contributed by atoms with van der Waals surface area (Å²) in [6.07, 6.45) is 7.65. The zero-order valence-corrected chi connectivity index (χ0v) is 11.0. The van der Waals surface area contributed by atoms with E-state index in [0.29, 0.717) is 18.4 Å². The van der Waals surface area contributed by atoms with Crippen molar-refractivity contribution in [1.82, 2.24) is 9.55 Å². The molecule has 18 heavy (non-hydrogen) atoms. The second-order valence-corrected chi connectivity index (χ2v) is 4.82. The van der Waals surface area contributed by atoms with Gasteiger partial charge in [-0.15, -0.1) is 0 Å². The van der Waals surface area contributed by atoms with Crippen molar-refractivity contribution >= 4 is 5.82 Å². The van der Waals surface area contributed by atoms with Crippen LogP contribution in [-0.4, -0.2) is 29.2 Å². The Morgan fingerprint density at radius 2 is 2.28 bits per heavy atom. The Morgan fingerprint density at radius 1 is 1.50 bits per heavy atom. The molecule has 5 heteroatoms. The fraction of sp³-hybridized carbons (Fsp3) is 0.692. The van der Waals surface area contributed by atoms with Crippen molar-refractivity contribution in [3.63, 3.8) is 0 Å². The third-order valence-corrected chi connectivity index (χ3v) is 3.22. The molecule has 0 radical (unpaired) electrons. The van der Waals surface area contributed by atoms with E-state index in [-0.39, 0.29) is 5.56 Å². The van der Waals surface area contributed by atoms with Gasteiger partial charge in [-0.05, 0) is 32.2 Å². The number of hydrogen-bond acceptors (Lipinski definition) is 4. The van der Waals surface area contributed by atoms with Gasteiger partial charge in [0.1, 0.15) is 0 Å². The van der Waals surface area contributed by atoms with Crippen molar-refractivity contribution in [2.75, 3.05) is 24.5 Å². The Bertz CT molecular complexity index is 439. The largest absolute Gasteiger partial charge is 0.352 e. The van der Waals surface area contributed by atoms with Crippen molar-refractivity contribution in [1.29, 1.82) is 0 Å². The minimum absolute atomic E-state index is 0.0467. The SMILES string of the molecule is CCCN(CCCN)c1nccn(C2CC2)c1=O. The molecule has 1 aromatic rings. The molecule has 0 amide bonds. The lowest BCUT2D eigenvalue weighted by atomic mass is 10.3. The van der Waals surface area contributed by atoms with Crippen LogP contribution in [0.1, 0.15) is 38.6 Å². The molecule has 0 unspecified atom stereocenters. The van der Waals surface area contributed by atoms with Crippen molar-refractivity contribution in [2.45, 2.75) is 38.6 Å². The van der Waals surface area contributed by atoms with E-state index in [1.54, 1.807) is 12.4 Å². The van der Waals surface area contributed by atoms with Gasteiger partial charge in [-0.3, -0.25) is 4.79 Å². The highest BCUT2D eigenvalue weighted by Crippen LogP contribution is 2.33. The maximum Gasteiger partial charge on any atom is 0.293 e. The van der Waals surface area contributed by atoms with E-state index in [2.05, 4.69) is 16.8 Å². The van der Waals surface area contributed by atoms with Crippen LogP contribution in [0.5, 0.6) is 0 Å². The number of rotatable bonds is 7. The van der Waals surface area contributed by atoms with Crippen LogP contribution in [-0.2, 0) is 0 Å². The van der Waals surface area contributed by atoms with Crippen LogP contribution in [0.2, 0.25) is 0 Å². The molecule has 1 heterocycles. The third-order valence-electron chi connectivity index (χ3n) is 3.22. The summed E-state index contributed by atoms with van der Waals surface area (Å²) in [4.78, 5) is 18.7. The van der Waals surface area contributed by atoms with Gasteiger partial charge in [0.2, 0.25) is 0 Å². The molecular weight excluding hydrogens is 228 g/mol. The minimum Gasteiger partial charge on any atom is -0.352 e. The van der Waals surface area contributed by atoms with Crippen molar-refractivity contribution < 1.29 is 0 Å². The van der Waals surface area contributed by atoms with Gasteiger partial charge in [0.05, 0.1) is 0 Å². The number of anilines is 1. The summed E-state index contributed by atoms with van der Waals surface area (Å²) in [6.45, 7) is 4.42. The number of aromatic nitrogens is 2. The summed E-state index contributed by atoms with van der Waals surface area (Å²) in [6, 6.07) is 0.400. The Morgan fingerprint density at radius 3 is 2.89 bits per heavy atom. The second-order valence-electron chi connectivity index (χ2n) is 4.82. The number of hydrogen-bond donors (Lipinski definition) is 1. The quantitative estimate of drug-likeness (QED) is 0.788. The van der Waals surface area contributed by atoms with E-state index in [1.807, 2.05) is 4.57 Å². The van der Waals surface area contributed by atoms with Crippen LogP contribution in [0, 0.1) is 0 Å². The van der Waals surface area contributed by atoms with Gasteiger partial charge in [-0.25, -0.2) is 4.98 Å². The fourth-order valence-corrected chi connectivity index (χ4v) is 2.15. The van der Waals surface area contributed by atoms with Gasteiger partial charge < -0.3 is 15.2 Å². The van der Waals surface area contributed by atoms with E-state index >= 15 is 0 Å². The first kappa shape index (κ1) is 13.1. The topological polar surface area (TPSA) is 64.2 Å². The number of nitrogens with two attached hydrogens (primary N) is 1. The molecule has 1 fully saturated rings. The zero-order valence-electron chi connectivity index (χ0n) is 11.0. The molecule has 1 saturated carbocycles. The number of nitrogens with zero attached hydrogens (tertiary/aromatic N) is 3. The molecule has 5 nitrogen and oxygen atoms in total. The molecular formula is C13H22N4O. The van der Waals surface area contributed by atoms with Crippen LogP contribution in [0.25, 0.3) is 0 Å². The van der Waals surface area contributed by atoms with Gasteiger partial charge in [0.15, 0.2) is 5.82 Å². The van der Waals surface area contributed by atoms with Crippen LogP contribution in [0.3, 0.4) is 0 Å². The minimum atomic E-state index is 0.0467. The third kappa shape index (κ3) is 2.90. The summed E-state index contributed by atoms with van der Waals surface area (Å²) >= 11 is 0.